The van der Waals surface area contributed by atoms with Gasteiger partial charge in [0.25, 0.3) is 0 Å². The number of aliphatic hydroxyl groups excluding tert-OH is 2. The smallest absolute Gasteiger partial charge is 0.462 e. The molecule has 10 nitrogen and oxygen atoms in total. The molecular weight excluding hydrogens is 695 g/mol. The third-order valence-electron chi connectivity index (χ3n) is 9.08. The lowest BCUT2D eigenvalue weighted by molar-refractivity contribution is -0.161. The number of phosphoric acid groups is 1. The minimum absolute atomic E-state index is 0.178. The van der Waals surface area contributed by atoms with Crippen LogP contribution >= 0.6 is 7.82 Å². The van der Waals surface area contributed by atoms with Crippen LogP contribution < -0.4 is 0 Å². The summed E-state index contributed by atoms with van der Waals surface area (Å²) in [6.07, 6.45) is 37.1. The summed E-state index contributed by atoms with van der Waals surface area (Å²) in [6.45, 7) is 2.35. The van der Waals surface area contributed by atoms with Crippen molar-refractivity contribution >= 4 is 19.8 Å². The second-order valence-corrected chi connectivity index (χ2v) is 15.8. The summed E-state index contributed by atoms with van der Waals surface area (Å²) >= 11 is 0. The van der Waals surface area contributed by atoms with E-state index < -0.39 is 51.8 Å². The minimum atomic E-state index is -4.62. The van der Waals surface area contributed by atoms with Gasteiger partial charge in [-0.3, -0.25) is 18.6 Å². The maximum atomic E-state index is 12.6. The quantitative estimate of drug-likeness (QED) is 0.0238. The highest BCUT2D eigenvalue weighted by Gasteiger charge is 2.27. The lowest BCUT2D eigenvalue weighted by Crippen LogP contribution is -2.29. The molecule has 0 aliphatic carbocycles. The SMILES string of the molecule is CCCCCCCC/C=C/CCCCCCCCCC(=O)O[C@H](COC(=O)CCCCC/C=C/CCCCCCCC)COP(=O)(O)OC[C@@H](O)CO. The van der Waals surface area contributed by atoms with E-state index in [9.17, 15) is 24.2 Å². The van der Waals surface area contributed by atoms with Gasteiger partial charge < -0.3 is 24.6 Å². The van der Waals surface area contributed by atoms with Crippen molar-refractivity contribution in [2.75, 3.05) is 26.4 Å². The molecule has 0 heterocycles. The van der Waals surface area contributed by atoms with E-state index in [0.717, 1.165) is 51.4 Å². The molecule has 0 amide bonds. The van der Waals surface area contributed by atoms with Gasteiger partial charge in [-0.15, -0.1) is 0 Å². The van der Waals surface area contributed by atoms with Crippen LogP contribution in [0.3, 0.4) is 0 Å². The predicted molar refractivity (Wildman–Crippen MR) is 215 cm³/mol. The van der Waals surface area contributed by atoms with E-state index in [1.165, 1.54) is 103 Å². The van der Waals surface area contributed by atoms with Crippen molar-refractivity contribution in [3.63, 3.8) is 0 Å². The number of esters is 2. The molecule has 11 heteroatoms. The summed E-state index contributed by atoms with van der Waals surface area (Å²) in [5.41, 5.74) is 0. The van der Waals surface area contributed by atoms with Crippen molar-refractivity contribution in [3.05, 3.63) is 24.3 Å². The molecule has 312 valence electrons. The molecule has 0 aromatic rings. The number of hydrogen-bond acceptors (Lipinski definition) is 9. The molecule has 0 aromatic heterocycles. The van der Waals surface area contributed by atoms with Gasteiger partial charge in [0.2, 0.25) is 0 Å². The highest BCUT2D eigenvalue weighted by Crippen LogP contribution is 2.43. The van der Waals surface area contributed by atoms with Crippen molar-refractivity contribution in [3.8, 4) is 0 Å². The summed E-state index contributed by atoms with van der Waals surface area (Å²) in [5, 5.41) is 18.3. The summed E-state index contributed by atoms with van der Waals surface area (Å²) in [7, 11) is -4.62. The topological polar surface area (TPSA) is 149 Å². The number of hydrogen-bond donors (Lipinski definition) is 3. The van der Waals surface area contributed by atoms with Gasteiger partial charge in [-0.1, -0.05) is 141 Å². The molecule has 0 aromatic carbocycles. The minimum Gasteiger partial charge on any atom is -0.462 e. The zero-order chi connectivity index (χ0) is 39.1. The van der Waals surface area contributed by atoms with Crippen molar-refractivity contribution in [1.82, 2.24) is 0 Å². The van der Waals surface area contributed by atoms with Crippen LogP contribution in [0.15, 0.2) is 24.3 Å². The van der Waals surface area contributed by atoms with Gasteiger partial charge >= 0.3 is 19.8 Å². The lowest BCUT2D eigenvalue weighted by Gasteiger charge is -2.20. The van der Waals surface area contributed by atoms with Gasteiger partial charge in [-0.25, -0.2) is 4.57 Å². The van der Waals surface area contributed by atoms with Crippen LogP contribution in [0.1, 0.15) is 194 Å². The van der Waals surface area contributed by atoms with E-state index in [2.05, 4.69) is 42.7 Å². The molecule has 0 radical (unpaired) electrons. The molecular formula is C42H79O10P. The first-order valence-electron chi connectivity index (χ1n) is 21.3. The Hall–Kier alpha value is -1.55. The Morgan fingerprint density at radius 1 is 0.547 bits per heavy atom. The molecule has 0 fully saturated rings. The molecule has 0 saturated heterocycles. The molecule has 0 saturated carbocycles. The van der Waals surface area contributed by atoms with Gasteiger partial charge in [-0.2, -0.15) is 0 Å². The summed E-state index contributed by atoms with van der Waals surface area (Å²) in [6, 6.07) is 0. The van der Waals surface area contributed by atoms with E-state index in [1.807, 2.05) is 0 Å². The fourth-order valence-corrected chi connectivity index (χ4v) is 6.54. The summed E-state index contributed by atoms with van der Waals surface area (Å²) < 4.78 is 32.7. The first-order valence-corrected chi connectivity index (χ1v) is 22.8. The molecule has 0 spiro atoms. The molecule has 53 heavy (non-hydrogen) atoms. The fourth-order valence-electron chi connectivity index (χ4n) is 5.75. The Kier molecular flexibility index (Phi) is 37.6. The van der Waals surface area contributed by atoms with Crippen molar-refractivity contribution in [2.24, 2.45) is 0 Å². The molecule has 0 bridgehead atoms. The molecule has 3 N–H and O–H groups in total. The van der Waals surface area contributed by atoms with Gasteiger partial charge in [0.1, 0.15) is 12.7 Å². The maximum absolute atomic E-state index is 12.6. The van der Waals surface area contributed by atoms with Crippen LogP contribution in [0, 0.1) is 0 Å². The monoisotopic (exact) mass is 775 g/mol. The zero-order valence-corrected chi connectivity index (χ0v) is 34.6. The van der Waals surface area contributed by atoms with Crippen LogP contribution in [0.2, 0.25) is 0 Å². The number of phosphoric ester groups is 1. The van der Waals surface area contributed by atoms with Crippen molar-refractivity contribution < 1.29 is 47.8 Å². The van der Waals surface area contributed by atoms with E-state index >= 15 is 0 Å². The average Bonchev–Trinajstić information content (AvgIpc) is 3.14. The second-order valence-electron chi connectivity index (χ2n) is 14.4. The van der Waals surface area contributed by atoms with E-state index in [-0.39, 0.29) is 19.4 Å². The molecule has 0 rings (SSSR count). The highest BCUT2D eigenvalue weighted by molar-refractivity contribution is 7.47. The van der Waals surface area contributed by atoms with Crippen LogP contribution in [0.4, 0.5) is 0 Å². The third-order valence-corrected chi connectivity index (χ3v) is 10.0. The van der Waals surface area contributed by atoms with Crippen LogP contribution in [0.25, 0.3) is 0 Å². The van der Waals surface area contributed by atoms with Crippen LogP contribution in [0.5, 0.6) is 0 Å². The maximum Gasteiger partial charge on any atom is 0.472 e. The van der Waals surface area contributed by atoms with E-state index in [4.69, 9.17) is 19.1 Å². The number of rotatable bonds is 40. The van der Waals surface area contributed by atoms with Gasteiger partial charge in [0.05, 0.1) is 19.8 Å². The standard InChI is InChI=1S/C42H79O10P/c1-3-5-7-9-11-13-15-17-18-19-20-22-24-26-28-30-32-34-42(46)52-40(38-51-53(47,48)50-36-39(44)35-43)37-49-41(45)33-31-29-27-25-23-21-16-14-12-10-8-6-4-2/h17-18,21,23,39-40,43-44H,3-16,19-20,22,24-38H2,1-2H3,(H,47,48)/b18-17+,23-21+/t39-,40+/m0/s1. The summed E-state index contributed by atoms with van der Waals surface area (Å²) in [5.74, 6) is -0.945. The first-order chi connectivity index (χ1) is 25.7. The Morgan fingerprint density at radius 2 is 0.925 bits per heavy atom. The number of carbonyl (C=O) groups excluding carboxylic acids is 2. The van der Waals surface area contributed by atoms with Crippen molar-refractivity contribution in [1.29, 1.82) is 0 Å². The average molecular weight is 775 g/mol. The lowest BCUT2D eigenvalue weighted by atomic mass is 10.1. The molecule has 3 atom stereocenters. The third kappa shape index (κ3) is 38.5. The second kappa shape index (κ2) is 38.7. The number of unbranched alkanes of at least 4 members (excludes halogenated alkanes) is 22. The van der Waals surface area contributed by atoms with E-state index in [0.29, 0.717) is 12.8 Å². The van der Waals surface area contributed by atoms with Crippen molar-refractivity contribution in [2.45, 2.75) is 206 Å². The van der Waals surface area contributed by atoms with Crippen LogP contribution in [-0.4, -0.2) is 65.7 Å². The first kappa shape index (κ1) is 51.5. The summed E-state index contributed by atoms with van der Waals surface area (Å²) in [4.78, 5) is 34.9. The number of carbonyl (C=O) groups is 2. The number of allylic oxidation sites excluding steroid dienone is 4. The zero-order valence-electron chi connectivity index (χ0n) is 33.7. The number of ether oxygens (including phenoxy) is 2. The largest absolute Gasteiger partial charge is 0.472 e. The Bertz CT molecular complexity index is 941. The normalized spacial score (nSPS) is 14.1. The van der Waals surface area contributed by atoms with E-state index in [1.54, 1.807) is 0 Å². The molecule has 1 unspecified atom stereocenters. The van der Waals surface area contributed by atoms with Crippen LogP contribution in [-0.2, 0) is 32.7 Å². The van der Waals surface area contributed by atoms with Gasteiger partial charge in [0.15, 0.2) is 6.10 Å². The fraction of sp³-hybridized carbons (Fsp3) is 0.857. The number of aliphatic hydroxyl groups is 2. The molecule has 0 aliphatic heterocycles. The highest BCUT2D eigenvalue weighted by atomic mass is 31.2. The predicted octanol–water partition coefficient (Wildman–Crippen LogP) is 11.0. The molecule has 0 aliphatic rings. The Balaban J connectivity index is 4.32. The Labute approximate surface area is 323 Å². The van der Waals surface area contributed by atoms with Gasteiger partial charge in [-0.05, 0) is 64.2 Å². The van der Waals surface area contributed by atoms with Gasteiger partial charge in [0, 0.05) is 12.8 Å². The Morgan fingerprint density at radius 3 is 1.38 bits per heavy atom.